The molecule has 0 aliphatic carbocycles. The maximum absolute atomic E-state index is 12.2. The highest BCUT2D eigenvalue weighted by atomic mass is 32.2. The molecule has 2 aliphatic heterocycles. The third-order valence-corrected chi connectivity index (χ3v) is 4.67. The van der Waals surface area contributed by atoms with E-state index in [-0.39, 0.29) is 17.5 Å². The summed E-state index contributed by atoms with van der Waals surface area (Å²) in [4.78, 5) is 29.0. The van der Waals surface area contributed by atoms with Gasteiger partial charge in [-0.25, -0.2) is 4.99 Å². The molecule has 0 aromatic carbocycles. The summed E-state index contributed by atoms with van der Waals surface area (Å²) in [6.45, 7) is 0. The molecule has 0 bridgehead atoms. The largest absolute Gasteiger partial charge is 0.465 e. The van der Waals surface area contributed by atoms with Crippen molar-refractivity contribution in [1.82, 2.24) is 10.3 Å². The Kier molecular flexibility index (Phi) is 3.36. The molecule has 2 aliphatic rings. The Morgan fingerprint density at radius 2 is 2.26 bits per heavy atom. The van der Waals surface area contributed by atoms with Gasteiger partial charge in [0.05, 0.1) is 11.1 Å². The minimum Gasteiger partial charge on any atom is -0.465 e. The van der Waals surface area contributed by atoms with E-state index in [1.165, 1.54) is 22.6 Å². The van der Waals surface area contributed by atoms with Gasteiger partial charge in [0.25, 0.3) is 11.8 Å². The highest BCUT2D eigenvalue weighted by Gasteiger charge is 2.37. The summed E-state index contributed by atoms with van der Waals surface area (Å²) in [7, 11) is 0. The SMILES string of the molecule is O=C(NC1=NN2C(=O)/C(=C/c3ccco3)N=C2S1)c1cccs1. The smallest absolute Gasteiger partial charge is 0.299 e. The van der Waals surface area contributed by atoms with Crippen LogP contribution in [0.2, 0.25) is 0 Å². The van der Waals surface area contributed by atoms with E-state index in [1.807, 2.05) is 5.38 Å². The lowest BCUT2D eigenvalue weighted by molar-refractivity contribution is -0.122. The Morgan fingerprint density at radius 3 is 2.96 bits per heavy atom. The first-order chi connectivity index (χ1) is 11.2. The van der Waals surface area contributed by atoms with Crippen molar-refractivity contribution < 1.29 is 14.0 Å². The topological polar surface area (TPSA) is 87.3 Å². The predicted molar refractivity (Wildman–Crippen MR) is 87.8 cm³/mol. The second-order valence-corrected chi connectivity index (χ2v) is 6.40. The molecule has 0 atom stereocenters. The highest BCUT2D eigenvalue weighted by molar-refractivity contribution is 8.26. The molecule has 0 radical (unpaired) electrons. The number of nitrogens with zero attached hydrogens (tertiary/aromatic N) is 3. The lowest BCUT2D eigenvalue weighted by Gasteiger charge is -2.01. The van der Waals surface area contributed by atoms with E-state index in [9.17, 15) is 9.59 Å². The van der Waals surface area contributed by atoms with E-state index < -0.39 is 0 Å². The standard InChI is InChI=1S/C14H8N4O3S2/c19-11(10-4-2-6-22-10)16-13-17-18-12(20)9(15-14(18)23-13)7-8-3-1-5-21-8/h1-7H,(H,16,17,19)/b9-7-. The lowest BCUT2D eigenvalue weighted by atomic mass is 10.3. The van der Waals surface area contributed by atoms with Crippen molar-refractivity contribution in [3.8, 4) is 0 Å². The number of amidine groups is 2. The zero-order chi connectivity index (χ0) is 15.8. The van der Waals surface area contributed by atoms with Crippen molar-refractivity contribution in [3.05, 3.63) is 52.2 Å². The molecule has 4 heterocycles. The molecule has 9 heteroatoms. The Labute approximate surface area is 138 Å². The molecule has 0 saturated carbocycles. The van der Waals surface area contributed by atoms with Gasteiger partial charge in [-0.05, 0) is 35.3 Å². The van der Waals surface area contributed by atoms with Gasteiger partial charge in [0.15, 0.2) is 5.17 Å². The van der Waals surface area contributed by atoms with Crippen LogP contribution in [0.5, 0.6) is 0 Å². The molecule has 0 unspecified atom stereocenters. The van der Waals surface area contributed by atoms with E-state index in [2.05, 4.69) is 15.4 Å². The first-order valence-corrected chi connectivity index (χ1v) is 8.20. The molecule has 7 nitrogen and oxygen atoms in total. The van der Waals surface area contributed by atoms with Crippen LogP contribution in [-0.2, 0) is 4.79 Å². The molecule has 2 aromatic rings. The van der Waals surface area contributed by atoms with Crippen molar-refractivity contribution in [2.24, 2.45) is 10.1 Å². The molecule has 1 N–H and O–H groups in total. The molecule has 0 fully saturated rings. The Bertz CT molecular complexity index is 866. The van der Waals surface area contributed by atoms with Crippen LogP contribution in [0.4, 0.5) is 0 Å². The van der Waals surface area contributed by atoms with Gasteiger partial charge >= 0.3 is 0 Å². The number of nitrogens with one attached hydrogen (secondary N) is 1. The van der Waals surface area contributed by atoms with Crippen LogP contribution < -0.4 is 5.32 Å². The maximum atomic E-state index is 12.2. The number of hydrogen-bond donors (Lipinski definition) is 1. The van der Waals surface area contributed by atoms with E-state index in [4.69, 9.17) is 4.42 Å². The summed E-state index contributed by atoms with van der Waals surface area (Å²) in [6, 6.07) is 6.97. The molecule has 2 aromatic heterocycles. The lowest BCUT2D eigenvalue weighted by Crippen LogP contribution is -2.27. The minimum atomic E-state index is -0.357. The number of thiophene rings is 1. The van der Waals surface area contributed by atoms with Crippen LogP contribution in [0.25, 0.3) is 6.08 Å². The van der Waals surface area contributed by atoms with Gasteiger partial charge in [-0.15, -0.1) is 16.4 Å². The summed E-state index contributed by atoms with van der Waals surface area (Å²) >= 11 is 2.47. The van der Waals surface area contributed by atoms with Gasteiger partial charge in [0, 0.05) is 6.08 Å². The normalized spacial score (nSPS) is 18.2. The zero-order valence-electron chi connectivity index (χ0n) is 11.4. The Morgan fingerprint density at radius 1 is 1.35 bits per heavy atom. The summed E-state index contributed by atoms with van der Waals surface area (Å²) in [5, 5.41) is 10.5. The summed E-state index contributed by atoms with van der Waals surface area (Å²) < 4.78 is 5.17. The molecule has 4 rings (SSSR count). The second-order valence-electron chi connectivity index (χ2n) is 4.49. The third kappa shape index (κ3) is 2.60. The van der Waals surface area contributed by atoms with Crippen molar-refractivity contribution in [2.45, 2.75) is 0 Å². The van der Waals surface area contributed by atoms with Crippen molar-refractivity contribution >= 4 is 51.3 Å². The van der Waals surface area contributed by atoms with E-state index in [0.29, 0.717) is 21.0 Å². The Hall–Kier alpha value is -2.65. The van der Waals surface area contributed by atoms with Gasteiger partial charge in [0.1, 0.15) is 11.5 Å². The predicted octanol–water partition coefficient (Wildman–Crippen LogP) is 2.33. The summed E-state index contributed by atoms with van der Waals surface area (Å²) in [5.74, 6) is -0.0739. The molecule has 0 spiro atoms. The average Bonchev–Trinajstić information content (AvgIpc) is 3.29. The number of hydrazone groups is 1. The number of aliphatic imine (C=N–C) groups is 1. The molecular weight excluding hydrogens is 336 g/mol. The van der Waals surface area contributed by atoms with Gasteiger partial charge in [-0.3, -0.25) is 14.9 Å². The second kappa shape index (κ2) is 5.52. The number of thioether (sulfide) groups is 1. The fraction of sp³-hybridized carbons (Fsp3) is 0. The van der Waals surface area contributed by atoms with E-state index >= 15 is 0 Å². The number of furan rings is 1. The fourth-order valence-corrected chi connectivity index (χ4v) is 3.38. The first kappa shape index (κ1) is 14.0. The first-order valence-electron chi connectivity index (χ1n) is 6.50. The molecule has 23 heavy (non-hydrogen) atoms. The van der Waals surface area contributed by atoms with Gasteiger partial charge in [0.2, 0.25) is 5.17 Å². The molecule has 114 valence electrons. The maximum Gasteiger partial charge on any atom is 0.299 e. The van der Waals surface area contributed by atoms with E-state index in [0.717, 1.165) is 11.8 Å². The van der Waals surface area contributed by atoms with Gasteiger partial charge in [-0.1, -0.05) is 6.07 Å². The fourth-order valence-electron chi connectivity index (χ4n) is 1.96. The number of rotatable bonds is 2. The van der Waals surface area contributed by atoms with Crippen molar-refractivity contribution in [1.29, 1.82) is 0 Å². The number of fused-ring (bicyclic) bond motifs is 1. The Balaban J connectivity index is 1.50. The number of amides is 2. The molecular formula is C14H8N4O3S2. The highest BCUT2D eigenvalue weighted by Crippen LogP contribution is 2.29. The molecule has 0 saturated heterocycles. The molecule has 2 amide bonds. The number of carbonyl (C=O) groups is 2. The van der Waals surface area contributed by atoms with Crippen molar-refractivity contribution in [3.63, 3.8) is 0 Å². The third-order valence-electron chi connectivity index (χ3n) is 2.98. The summed E-state index contributed by atoms with van der Waals surface area (Å²) in [5.41, 5.74) is 0.245. The quantitative estimate of drug-likeness (QED) is 0.847. The van der Waals surface area contributed by atoms with Crippen LogP contribution in [0.3, 0.4) is 0 Å². The van der Waals surface area contributed by atoms with Crippen LogP contribution in [0, 0.1) is 0 Å². The zero-order valence-corrected chi connectivity index (χ0v) is 13.1. The van der Waals surface area contributed by atoms with Crippen LogP contribution in [0.15, 0.2) is 56.1 Å². The van der Waals surface area contributed by atoms with Crippen LogP contribution in [0.1, 0.15) is 15.4 Å². The monoisotopic (exact) mass is 344 g/mol. The average molecular weight is 344 g/mol. The minimum absolute atomic E-state index is 0.245. The number of carbonyl (C=O) groups excluding carboxylic acids is 2. The van der Waals surface area contributed by atoms with Crippen LogP contribution in [-0.4, -0.2) is 27.2 Å². The van der Waals surface area contributed by atoms with Crippen LogP contribution >= 0.6 is 23.1 Å². The number of hydrogen-bond acceptors (Lipinski definition) is 7. The van der Waals surface area contributed by atoms with E-state index in [1.54, 1.807) is 30.3 Å². The van der Waals surface area contributed by atoms with Gasteiger partial charge < -0.3 is 4.42 Å². The van der Waals surface area contributed by atoms with Gasteiger partial charge in [-0.2, -0.15) is 5.01 Å². The summed E-state index contributed by atoms with van der Waals surface area (Å²) in [6.07, 6.45) is 3.07. The van der Waals surface area contributed by atoms with Crippen molar-refractivity contribution in [2.75, 3.05) is 0 Å².